The number of hydrogen-bond acceptors (Lipinski definition) is 4. The fourth-order valence-corrected chi connectivity index (χ4v) is 3.06. The van der Waals surface area contributed by atoms with E-state index in [1.165, 1.54) is 0 Å². The van der Waals surface area contributed by atoms with Crippen LogP contribution in [0.15, 0.2) is 53.9 Å². The minimum Gasteiger partial charge on any atom is -0.362 e. The molecule has 2 aromatic carbocycles. The highest BCUT2D eigenvalue weighted by Gasteiger charge is 2.07. The Morgan fingerprint density at radius 2 is 1.79 bits per heavy atom. The molecule has 1 amide bonds. The summed E-state index contributed by atoms with van der Waals surface area (Å²) >= 11 is 1.59. The fraction of sp³-hybridized carbons (Fsp3) is 0.158. The molecule has 0 aliphatic rings. The normalized spacial score (nSPS) is 10.4. The highest BCUT2D eigenvalue weighted by Crippen LogP contribution is 2.26. The van der Waals surface area contributed by atoms with Crippen molar-refractivity contribution < 1.29 is 4.79 Å². The zero-order chi connectivity index (χ0) is 16.9. The minimum atomic E-state index is -0.106. The fourth-order valence-electron chi connectivity index (χ4n) is 2.27. The maximum Gasteiger partial charge on any atom is 0.255 e. The van der Waals surface area contributed by atoms with Crippen LogP contribution in [-0.2, 0) is 0 Å². The molecule has 2 N–H and O–H groups in total. The number of benzene rings is 2. The van der Waals surface area contributed by atoms with Crippen molar-refractivity contribution in [1.29, 1.82) is 0 Å². The quantitative estimate of drug-likeness (QED) is 0.703. The van der Waals surface area contributed by atoms with E-state index in [2.05, 4.69) is 15.6 Å². The Hall–Kier alpha value is -2.66. The summed E-state index contributed by atoms with van der Waals surface area (Å²) in [5.41, 5.74) is 4.53. The molecular weight excluding hydrogens is 318 g/mol. The van der Waals surface area contributed by atoms with Gasteiger partial charge in [-0.05, 0) is 38.1 Å². The first-order chi connectivity index (χ1) is 11.7. The lowest BCUT2D eigenvalue weighted by atomic mass is 10.1. The van der Waals surface area contributed by atoms with Gasteiger partial charge in [0, 0.05) is 28.7 Å². The van der Waals surface area contributed by atoms with Gasteiger partial charge in [-0.15, -0.1) is 11.3 Å². The summed E-state index contributed by atoms with van der Waals surface area (Å²) in [5, 5.41) is 9.07. The monoisotopic (exact) mass is 337 g/mol. The van der Waals surface area contributed by atoms with E-state index in [1.54, 1.807) is 11.3 Å². The molecule has 3 aromatic rings. The van der Waals surface area contributed by atoms with Gasteiger partial charge in [0.25, 0.3) is 5.91 Å². The summed E-state index contributed by atoms with van der Waals surface area (Å²) < 4.78 is 0. The van der Waals surface area contributed by atoms with Crippen LogP contribution in [0.1, 0.15) is 22.8 Å². The molecule has 0 unspecified atom stereocenters. The standard InChI is InChI=1S/C19H19N3OS/c1-3-20-19-22-17(12-24-19)14-8-10-16(11-9-14)21-18(23)15-6-4-13(2)5-7-15/h4-12H,3H2,1-2H3,(H,20,22)(H,21,23). The Bertz CT molecular complexity index is 823. The van der Waals surface area contributed by atoms with Crippen LogP contribution in [0.2, 0.25) is 0 Å². The second kappa shape index (κ2) is 7.27. The van der Waals surface area contributed by atoms with Gasteiger partial charge in [0.15, 0.2) is 5.13 Å². The lowest BCUT2D eigenvalue weighted by Gasteiger charge is -2.06. The van der Waals surface area contributed by atoms with Gasteiger partial charge in [0.05, 0.1) is 5.69 Å². The molecule has 0 saturated carbocycles. The van der Waals surface area contributed by atoms with Crippen LogP contribution in [0.3, 0.4) is 0 Å². The first-order valence-electron chi connectivity index (χ1n) is 7.83. The number of thiazole rings is 1. The molecule has 1 heterocycles. The maximum absolute atomic E-state index is 12.2. The maximum atomic E-state index is 12.2. The van der Waals surface area contributed by atoms with Crippen LogP contribution in [-0.4, -0.2) is 17.4 Å². The number of amides is 1. The van der Waals surface area contributed by atoms with Crippen LogP contribution in [0, 0.1) is 6.92 Å². The third-order valence-corrected chi connectivity index (χ3v) is 4.38. The molecule has 0 aliphatic heterocycles. The third-order valence-electron chi connectivity index (χ3n) is 3.58. The highest BCUT2D eigenvalue weighted by atomic mass is 32.1. The summed E-state index contributed by atoms with van der Waals surface area (Å²) in [6.45, 7) is 4.91. The molecule has 0 atom stereocenters. The van der Waals surface area contributed by atoms with E-state index in [1.807, 2.05) is 67.8 Å². The second-order valence-electron chi connectivity index (χ2n) is 5.47. The molecule has 3 rings (SSSR count). The number of aryl methyl sites for hydroxylation is 1. The summed E-state index contributed by atoms with van der Waals surface area (Å²) in [6, 6.07) is 15.3. The van der Waals surface area contributed by atoms with Crippen LogP contribution < -0.4 is 10.6 Å². The molecule has 0 saturated heterocycles. The Morgan fingerprint density at radius 3 is 2.46 bits per heavy atom. The van der Waals surface area contributed by atoms with E-state index in [4.69, 9.17) is 0 Å². The predicted molar refractivity (Wildman–Crippen MR) is 101 cm³/mol. The number of hydrogen-bond donors (Lipinski definition) is 2. The summed E-state index contributed by atoms with van der Waals surface area (Å²) in [6.07, 6.45) is 0. The Morgan fingerprint density at radius 1 is 1.08 bits per heavy atom. The van der Waals surface area contributed by atoms with E-state index < -0.39 is 0 Å². The van der Waals surface area contributed by atoms with Gasteiger partial charge >= 0.3 is 0 Å². The zero-order valence-electron chi connectivity index (χ0n) is 13.7. The van der Waals surface area contributed by atoms with Crippen molar-refractivity contribution in [2.75, 3.05) is 17.2 Å². The molecule has 0 bridgehead atoms. The highest BCUT2D eigenvalue weighted by molar-refractivity contribution is 7.14. The topological polar surface area (TPSA) is 54.0 Å². The lowest BCUT2D eigenvalue weighted by Crippen LogP contribution is -2.11. The molecule has 5 heteroatoms. The molecule has 0 spiro atoms. The van der Waals surface area contributed by atoms with Crippen molar-refractivity contribution in [3.05, 3.63) is 65.0 Å². The van der Waals surface area contributed by atoms with Crippen molar-refractivity contribution in [3.8, 4) is 11.3 Å². The Balaban J connectivity index is 1.69. The number of anilines is 2. The molecule has 4 nitrogen and oxygen atoms in total. The van der Waals surface area contributed by atoms with Gasteiger partial charge in [-0.2, -0.15) is 0 Å². The molecule has 1 aromatic heterocycles. The van der Waals surface area contributed by atoms with Gasteiger partial charge < -0.3 is 10.6 Å². The van der Waals surface area contributed by atoms with Crippen molar-refractivity contribution >= 4 is 28.1 Å². The van der Waals surface area contributed by atoms with E-state index in [0.717, 1.165) is 34.2 Å². The zero-order valence-corrected chi connectivity index (χ0v) is 14.5. The van der Waals surface area contributed by atoms with Crippen LogP contribution >= 0.6 is 11.3 Å². The van der Waals surface area contributed by atoms with Gasteiger partial charge in [-0.1, -0.05) is 29.8 Å². The van der Waals surface area contributed by atoms with Gasteiger partial charge in [0.2, 0.25) is 0 Å². The molecule has 122 valence electrons. The smallest absolute Gasteiger partial charge is 0.255 e. The third kappa shape index (κ3) is 3.81. The number of carbonyl (C=O) groups excluding carboxylic acids is 1. The molecule has 0 aliphatic carbocycles. The number of rotatable bonds is 5. The van der Waals surface area contributed by atoms with E-state index in [0.29, 0.717) is 5.56 Å². The Labute approximate surface area is 145 Å². The van der Waals surface area contributed by atoms with Crippen LogP contribution in [0.5, 0.6) is 0 Å². The molecular formula is C19H19N3OS. The van der Waals surface area contributed by atoms with Gasteiger partial charge in [0.1, 0.15) is 0 Å². The average molecular weight is 337 g/mol. The summed E-state index contributed by atoms with van der Waals surface area (Å²) in [7, 11) is 0. The number of nitrogens with one attached hydrogen (secondary N) is 2. The van der Waals surface area contributed by atoms with E-state index in [-0.39, 0.29) is 5.91 Å². The number of aromatic nitrogens is 1. The number of nitrogens with zero attached hydrogens (tertiary/aromatic N) is 1. The van der Waals surface area contributed by atoms with Crippen molar-refractivity contribution in [1.82, 2.24) is 4.98 Å². The van der Waals surface area contributed by atoms with Crippen LogP contribution in [0.4, 0.5) is 10.8 Å². The van der Waals surface area contributed by atoms with Crippen molar-refractivity contribution in [2.24, 2.45) is 0 Å². The van der Waals surface area contributed by atoms with Gasteiger partial charge in [-0.3, -0.25) is 4.79 Å². The molecule has 24 heavy (non-hydrogen) atoms. The Kier molecular flexibility index (Phi) is 4.91. The van der Waals surface area contributed by atoms with Crippen molar-refractivity contribution in [3.63, 3.8) is 0 Å². The van der Waals surface area contributed by atoms with E-state index >= 15 is 0 Å². The van der Waals surface area contributed by atoms with E-state index in [9.17, 15) is 4.79 Å². The lowest BCUT2D eigenvalue weighted by molar-refractivity contribution is 0.102. The number of carbonyl (C=O) groups is 1. The van der Waals surface area contributed by atoms with Crippen molar-refractivity contribution in [2.45, 2.75) is 13.8 Å². The average Bonchev–Trinajstić information content (AvgIpc) is 3.05. The molecule has 0 fully saturated rings. The first kappa shape index (κ1) is 16.2. The SMILES string of the molecule is CCNc1nc(-c2ccc(NC(=O)c3ccc(C)cc3)cc2)cs1. The van der Waals surface area contributed by atoms with Gasteiger partial charge in [-0.25, -0.2) is 4.98 Å². The minimum absolute atomic E-state index is 0.106. The molecule has 0 radical (unpaired) electrons. The predicted octanol–water partition coefficient (Wildman–Crippen LogP) is 4.80. The largest absolute Gasteiger partial charge is 0.362 e. The second-order valence-corrected chi connectivity index (χ2v) is 6.32. The van der Waals surface area contributed by atoms with Crippen LogP contribution in [0.25, 0.3) is 11.3 Å². The summed E-state index contributed by atoms with van der Waals surface area (Å²) in [5.74, 6) is -0.106. The summed E-state index contributed by atoms with van der Waals surface area (Å²) in [4.78, 5) is 16.8. The first-order valence-corrected chi connectivity index (χ1v) is 8.71.